The van der Waals surface area contributed by atoms with E-state index in [1.807, 2.05) is 0 Å². The van der Waals surface area contributed by atoms with Gasteiger partial charge in [-0.05, 0) is 37.3 Å². The van der Waals surface area contributed by atoms with Crippen LogP contribution >= 0.6 is 0 Å². The number of hydrogen-bond donors (Lipinski definition) is 1. The maximum atomic E-state index is 5.34. The van der Waals surface area contributed by atoms with Crippen molar-refractivity contribution in [1.82, 2.24) is 5.32 Å². The maximum Gasteiger partial charge on any atom is 0.171 e. The largest absolute Gasteiger partial charge is 0.354 e. The molecule has 0 saturated heterocycles. The minimum absolute atomic E-state index is 0.172. The monoisotopic (exact) mass is 263 g/mol. The van der Waals surface area contributed by atoms with Gasteiger partial charge in [-0.2, -0.15) is 0 Å². The third-order valence-electron chi connectivity index (χ3n) is 3.96. The fourth-order valence-corrected chi connectivity index (χ4v) is 2.99. The topological polar surface area (TPSA) is 30.5 Å². The number of aryl methyl sites for hydroxylation is 1. The van der Waals surface area contributed by atoms with E-state index in [0.717, 1.165) is 0 Å². The van der Waals surface area contributed by atoms with Gasteiger partial charge >= 0.3 is 0 Å². The fraction of sp³-hybridized carbons (Fsp3) is 0.625. The Morgan fingerprint density at radius 1 is 1.16 bits per heavy atom. The molecule has 0 heterocycles. The normalized spacial score (nSPS) is 20.9. The quantitative estimate of drug-likeness (QED) is 0.654. The molecule has 2 atom stereocenters. The molecular formula is C16H25NO2. The Morgan fingerprint density at radius 2 is 1.89 bits per heavy atom. The molecule has 1 aliphatic rings. The Morgan fingerprint density at radius 3 is 2.63 bits per heavy atom. The SMILES string of the molecule is COC(OC)C(C)NC1CCCCc2ccccc21. The molecule has 1 N–H and O–H groups in total. The average molecular weight is 263 g/mol. The lowest BCUT2D eigenvalue weighted by Crippen LogP contribution is -2.41. The van der Waals surface area contributed by atoms with Crippen molar-refractivity contribution in [3.8, 4) is 0 Å². The predicted octanol–water partition coefficient (Wildman–Crippen LogP) is 3.05. The van der Waals surface area contributed by atoms with Crippen LogP contribution in [0.25, 0.3) is 0 Å². The summed E-state index contributed by atoms with van der Waals surface area (Å²) in [5.41, 5.74) is 2.92. The van der Waals surface area contributed by atoms with E-state index in [9.17, 15) is 0 Å². The molecular weight excluding hydrogens is 238 g/mol. The predicted molar refractivity (Wildman–Crippen MR) is 77.1 cm³/mol. The van der Waals surface area contributed by atoms with Crippen LogP contribution in [0.1, 0.15) is 43.4 Å². The lowest BCUT2D eigenvalue weighted by atomic mass is 9.98. The van der Waals surface area contributed by atoms with Gasteiger partial charge in [0.05, 0.1) is 6.04 Å². The number of methoxy groups -OCH3 is 2. The summed E-state index contributed by atoms with van der Waals surface area (Å²) in [6.07, 6.45) is 4.73. The Hall–Kier alpha value is -0.900. The van der Waals surface area contributed by atoms with Gasteiger partial charge in [-0.15, -0.1) is 0 Å². The summed E-state index contributed by atoms with van der Waals surface area (Å²) in [6, 6.07) is 9.35. The molecule has 0 aromatic heterocycles. The van der Waals surface area contributed by atoms with Gasteiger partial charge in [0, 0.05) is 20.3 Å². The van der Waals surface area contributed by atoms with Crippen LogP contribution < -0.4 is 5.32 Å². The molecule has 0 radical (unpaired) electrons. The fourth-order valence-electron chi connectivity index (χ4n) is 2.99. The molecule has 0 bridgehead atoms. The van der Waals surface area contributed by atoms with Gasteiger partial charge in [0.25, 0.3) is 0 Å². The molecule has 0 fully saturated rings. The zero-order valence-electron chi connectivity index (χ0n) is 12.2. The molecule has 1 aromatic carbocycles. The van der Waals surface area contributed by atoms with Crippen LogP contribution in [-0.4, -0.2) is 26.6 Å². The molecule has 0 amide bonds. The first-order valence-electron chi connectivity index (χ1n) is 7.15. The van der Waals surface area contributed by atoms with E-state index >= 15 is 0 Å². The van der Waals surface area contributed by atoms with Crippen molar-refractivity contribution in [3.63, 3.8) is 0 Å². The highest BCUT2D eigenvalue weighted by Crippen LogP contribution is 2.29. The van der Waals surface area contributed by atoms with Crippen molar-refractivity contribution >= 4 is 0 Å². The molecule has 0 spiro atoms. The number of nitrogens with one attached hydrogen (secondary N) is 1. The second kappa shape index (κ2) is 7.04. The van der Waals surface area contributed by atoms with Crippen LogP contribution in [0.15, 0.2) is 24.3 Å². The van der Waals surface area contributed by atoms with Gasteiger partial charge < -0.3 is 14.8 Å². The minimum Gasteiger partial charge on any atom is -0.354 e. The summed E-state index contributed by atoms with van der Waals surface area (Å²) in [4.78, 5) is 0. The van der Waals surface area contributed by atoms with Gasteiger partial charge in [-0.1, -0.05) is 30.7 Å². The van der Waals surface area contributed by atoms with E-state index in [1.165, 1.54) is 36.8 Å². The molecule has 19 heavy (non-hydrogen) atoms. The summed E-state index contributed by atoms with van der Waals surface area (Å²) in [7, 11) is 3.38. The first kappa shape index (κ1) is 14.5. The van der Waals surface area contributed by atoms with E-state index in [2.05, 4.69) is 36.5 Å². The van der Waals surface area contributed by atoms with Crippen LogP contribution in [0, 0.1) is 0 Å². The summed E-state index contributed by atoms with van der Waals surface area (Å²) in [5.74, 6) is 0. The van der Waals surface area contributed by atoms with Gasteiger partial charge in [0.2, 0.25) is 0 Å². The zero-order valence-corrected chi connectivity index (χ0v) is 12.2. The number of ether oxygens (including phenoxy) is 2. The molecule has 0 saturated carbocycles. The van der Waals surface area contributed by atoms with Crippen LogP contribution in [0.3, 0.4) is 0 Å². The third kappa shape index (κ3) is 3.56. The molecule has 0 aliphatic heterocycles. The zero-order chi connectivity index (χ0) is 13.7. The van der Waals surface area contributed by atoms with E-state index in [0.29, 0.717) is 6.04 Å². The van der Waals surface area contributed by atoms with Crippen LogP contribution in [0.4, 0.5) is 0 Å². The highest BCUT2D eigenvalue weighted by atomic mass is 16.7. The van der Waals surface area contributed by atoms with Crippen molar-refractivity contribution in [3.05, 3.63) is 35.4 Å². The van der Waals surface area contributed by atoms with Crippen molar-refractivity contribution in [2.24, 2.45) is 0 Å². The number of rotatable bonds is 5. The lowest BCUT2D eigenvalue weighted by molar-refractivity contribution is -0.121. The first-order valence-corrected chi connectivity index (χ1v) is 7.15. The molecule has 1 aliphatic carbocycles. The first-order chi connectivity index (χ1) is 9.26. The second-order valence-corrected chi connectivity index (χ2v) is 5.29. The summed E-state index contributed by atoms with van der Waals surface area (Å²) < 4.78 is 10.7. The number of fused-ring (bicyclic) bond motifs is 1. The standard InChI is InChI=1S/C16H25NO2/c1-12(16(18-2)19-3)17-15-11-7-5-9-13-8-4-6-10-14(13)15/h4,6,8,10,12,15-17H,5,7,9,11H2,1-3H3. The summed E-state index contributed by atoms with van der Waals surface area (Å²) in [6.45, 7) is 2.12. The second-order valence-electron chi connectivity index (χ2n) is 5.29. The van der Waals surface area contributed by atoms with Crippen LogP contribution in [0.2, 0.25) is 0 Å². The van der Waals surface area contributed by atoms with Gasteiger partial charge in [0.1, 0.15) is 0 Å². The maximum absolute atomic E-state index is 5.34. The number of hydrogen-bond acceptors (Lipinski definition) is 3. The Kier molecular flexibility index (Phi) is 5.37. The van der Waals surface area contributed by atoms with E-state index in [4.69, 9.17) is 9.47 Å². The van der Waals surface area contributed by atoms with E-state index in [-0.39, 0.29) is 12.3 Å². The lowest BCUT2D eigenvalue weighted by Gasteiger charge is -2.28. The van der Waals surface area contributed by atoms with Crippen LogP contribution in [0.5, 0.6) is 0 Å². The van der Waals surface area contributed by atoms with Crippen molar-refractivity contribution in [2.45, 2.75) is 51.0 Å². The minimum atomic E-state index is -0.199. The molecule has 3 heteroatoms. The summed E-state index contributed by atoms with van der Waals surface area (Å²) >= 11 is 0. The van der Waals surface area contributed by atoms with Crippen molar-refractivity contribution in [2.75, 3.05) is 14.2 Å². The molecule has 1 aromatic rings. The summed E-state index contributed by atoms with van der Waals surface area (Å²) in [5, 5.41) is 3.67. The highest BCUT2D eigenvalue weighted by molar-refractivity contribution is 5.31. The van der Waals surface area contributed by atoms with Gasteiger partial charge in [-0.25, -0.2) is 0 Å². The average Bonchev–Trinajstić information content (AvgIpc) is 2.63. The van der Waals surface area contributed by atoms with Crippen LogP contribution in [-0.2, 0) is 15.9 Å². The third-order valence-corrected chi connectivity index (χ3v) is 3.96. The smallest absolute Gasteiger partial charge is 0.171 e. The van der Waals surface area contributed by atoms with Gasteiger partial charge in [0.15, 0.2) is 6.29 Å². The van der Waals surface area contributed by atoms with Crippen molar-refractivity contribution in [1.29, 1.82) is 0 Å². The highest BCUT2D eigenvalue weighted by Gasteiger charge is 2.23. The Bertz CT molecular complexity index is 390. The van der Waals surface area contributed by atoms with E-state index in [1.54, 1.807) is 14.2 Å². The molecule has 3 nitrogen and oxygen atoms in total. The van der Waals surface area contributed by atoms with Crippen molar-refractivity contribution < 1.29 is 9.47 Å². The van der Waals surface area contributed by atoms with E-state index < -0.39 is 0 Å². The molecule has 106 valence electrons. The molecule has 2 unspecified atom stereocenters. The Balaban J connectivity index is 2.11. The molecule has 2 rings (SSSR count). The van der Waals surface area contributed by atoms with Gasteiger partial charge in [-0.3, -0.25) is 0 Å². The number of benzene rings is 1. The Labute approximate surface area is 116 Å².